The van der Waals surface area contributed by atoms with Gasteiger partial charge in [0, 0.05) is 6.54 Å². The van der Waals surface area contributed by atoms with Crippen molar-refractivity contribution in [1.82, 2.24) is 10.6 Å². The van der Waals surface area contributed by atoms with E-state index in [1.807, 2.05) is 19.2 Å². The van der Waals surface area contributed by atoms with Crippen molar-refractivity contribution in [2.75, 3.05) is 20.1 Å². The third kappa shape index (κ3) is 4.19. The molecule has 1 rings (SSSR count). The number of aliphatic carboxylic acids is 1. The Labute approximate surface area is 101 Å². The van der Waals surface area contributed by atoms with Crippen molar-refractivity contribution in [2.45, 2.75) is 19.3 Å². The highest BCUT2D eigenvalue weighted by Gasteiger charge is 2.33. The predicted octanol–water partition coefficient (Wildman–Crippen LogP) is 0.379. The summed E-state index contributed by atoms with van der Waals surface area (Å²) >= 11 is 0. The van der Waals surface area contributed by atoms with Crippen molar-refractivity contribution in [1.29, 1.82) is 0 Å². The van der Waals surface area contributed by atoms with E-state index in [2.05, 4.69) is 10.6 Å². The first kappa shape index (κ1) is 13.7. The van der Waals surface area contributed by atoms with Gasteiger partial charge in [0.2, 0.25) is 5.91 Å². The Morgan fingerprint density at radius 3 is 2.47 bits per heavy atom. The standard InChI is InChI=1S/C12H20N2O3/c1-13-7-4-8-14-11(15)9-5-2-3-6-10(9)12(16)17/h2-3,9-10,13H,4-8H2,1H3,(H,14,15)(H,16,17). The van der Waals surface area contributed by atoms with Crippen LogP contribution in [0, 0.1) is 11.8 Å². The number of carbonyl (C=O) groups excluding carboxylic acids is 1. The molecule has 1 aliphatic carbocycles. The molecule has 1 aliphatic rings. The van der Waals surface area contributed by atoms with Gasteiger partial charge in [0.15, 0.2) is 0 Å². The fourth-order valence-corrected chi connectivity index (χ4v) is 1.98. The smallest absolute Gasteiger partial charge is 0.307 e. The van der Waals surface area contributed by atoms with Crippen LogP contribution in [0.4, 0.5) is 0 Å². The molecule has 0 aromatic heterocycles. The first-order valence-corrected chi connectivity index (χ1v) is 5.97. The van der Waals surface area contributed by atoms with E-state index in [0.717, 1.165) is 13.0 Å². The summed E-state index contributed by atoms with van der Waals surface area (Å²) in [5.74, 6) is -2.03. The van der Waals surface area contributed by atoms with Crippen LogP contribution in [0.1, 0.15) is 19.3 Å². The minimum absolute atomic E-state index is 0.141. The predicted molar refractivity (Wildman–Crippen MR) is 64.5 cm³/mol. The van der Waals surface area contributed by atoms with E-state index in [-0.39, 0.29) is 5.91 Å². The third-order valence-electron chi connectivity index (χ3n) is 2.99. The second-order valence-electron chi connectivity index (χ2n) is 4.24. The third-order valence-corrected chi connectivity index (χ3v) is 2.99. The molecule has 17 heavy (non-hydrogen) atoms. The number of nitrogens with one attached hydrogen (secondary N) is 2. The molecule has 0 spiro atoms. The molecule has 0 radical (unpaired) electrons. The number of hydrogen-bond acceptors (Lipinski definition) is 3. The Balaban J connectivity index is 2.43. The average Bonchev–Trinajstić information content (AvgIpc) is 2.34. The molecule has 0 aromatic carbocycles. The van der Waals surface area contributed by atoms with Crippen LogP contribution in [0.15, 0.2) is 12.2 Å². The number of hydrogen-bond donors (Lipinski definition) is 3. The van der Waals surface area contributed by atoms with Gasteiger partial charge in [-0.25, -0.2) is 0 Å². The van der Waals surface area contributed by atoms with Gasteiger partial charge in [-0.1, -0.05) is 12.2 Å². The van der Waals surface area contributed by atoms with Crippen LogP contribution in [0.2, 0.25) is 0 Å². The van der Waals surface area contributed by atoms with Gasteiger partial charge in [0.05, 0.1) is 11.8 Å². The Morgan fingerprint density at radius 2 is 1.88 bits per heavy atom. The van der Waals surface area contributed by atoms with Gasteiger partial charge in [-0.15, -0.1) is 0 Å². The zero-order chi connectivity index (χ0) is 12.7. The van der Waals surface area contributed by atoms with Crippen molar-refractivity contribution >= 4 is 11.9 Å². The number of carboxylic acids is 1. The summed E-state index contributed by atoms with van der Waals surface area (Å²) in [7, 11) is 1.86. The van der Waals surface area contributed by atoms with Gasteiger partial charge >= 0.3 is 5.97 Å². The molecule has 0 aliphatic heterocycles. The summed E-state index contributed by atoms with van der Waals surface area (Å²) in [6.45, 7) is 1.43. The minimum atomic E-state index is -0.885. The minimum Gasteiger partial charge on any atom is -0.481 e. The number of carbonyl (C=O) groups is 2. The molecule has 5 heteroatoms. The van der Waals surface area contributed by atoms with Crippen LogP contribution in [-0.2, 0) is 9.59 Å². The van der Waals surface area contributed by atoms with Crippen molar-refractivity contribution in [2.24, 2.45) is 11.8 Å². The molecule has 1 amide bonds. The molecule has 0 fully saturated rings. The molecule has 3 N–H and O–H groups in total. The summed E-state index contributed by atoms with van der Waals surface area (Å²) in [5, 5.41) is 14.8. The Hall–Kier alpha value is -1.36. The lowest BCUT2D eigenvalue weighted by Crippen LogP contribution is -2.39. The highest BCUT2D eigenvalue weighted by Crippen LogP contribution is 2.25. The van der Waals surface area contributed by atoms with Crippen molar-refractivity contribution in [3.63, 3.8) is 0 Å². The number of rotatable bonds is 6. The van der Waals surface area contributed by atoms with E-state index < -0.39 is 17.8 Å². The van der Waals surface area contributed by atoms with Crippen LogP contribution in [0.25, 0.3) is 0 Å². The fourth-order valence-electron chi connectivity index (χ4n) is 1.98. The Bertz CT molecular complexity index is 302. The Kier molecular flexibility index (Phi) is 5.69. The van der Waals surface area contributed by atoms with E-state index in [1.54, 1.807) is 0 Å². The van der Waals surface area contributed by atoms with Crippen LogP contribution in [-0.4, -0.2) is 37.1 Å². The lowest BCUT2D eigenvalue weighted by molar-refractivity contribution is -0.147. The van der Waals surface area contributed by atoms with Gasteiger partial charge in [0.25, 0.3) is 0 Å². The van der Waals surface area contributed by atoms with Crippen molar-refractivity contribution < 1.29 is 14.7 Å². The second-order valence-corrected chi connectivity index (χ2v) is 4.24. The lowest BCUT2D eigenvalue weighted by Gasteiger charge is -2.24. The topological polar surface area (TPSA) is 78.4 Å². The van der Waals surface area contributed by atoms with Crippen molar-refractivity contribution in [3.8, 4) is 0 Å². The first-order chi connectivity index (χ1) is 8.16. The average molecular weight is 240 g/mol. The van der Waals surface area contributed by atoms with Gasteiger partial charge in [-0.2, -0.15) is 0 Å². The van der Waals surface area contributed by atoms with Crippen LogP contribution in [0.3, 0.4) is 0 Å². The summed E-state index contributed by atoms with van der Waals surface area (Å²) in [5.41, 5.74) is 0. The largest absolute Gasteiger partial charge is 0.481 e. The molecular formula is C12H20N2O3. The molecule has 5 nitrogen and oxygen atoms in total. The van der Waals surface area contributed by atoms with Gasteiger partial charge in [-0.05, 0) is 32.9 Å². The zero-order valence-corrected chi connectivity index (χ0v) is 10.1. The van der Waals surface area contributed by atoms with Crippen LogP contribution in [0.5, 0.6) is 0 Å². The van der Waals surface area contributed by atoms with Crippen molar-refractivity contribution in [3.05, 3.63) is 12.2 Å². The monoisotopic (exact) mass is 240 g/mol. The molecule has 0 bridgehead atoms. The maximum Gasteiger partial charge on any atom is 0.307 e. The maximum absolute atomic E-state index is 11.8. The van der Waals surface area contributed by atoms with E-state index in [4.69, 9.17) is 5.11 Å². The SMILES string of the molecule is CNCCCNC(=O)C1CC=CCC1C(=O)O. The second kappa shape index (κ2) is 7.06. The van der Waals surface area contributed by atoms with Gasteiger partial charge in [-0.3, -0.25) is 9.59 Å². The van der Waals surface area contributed by atoms with E-state index in [9.17, 15) is 9.59 Å². The molecule has 96 valence electrons. The van der Waals surface area contributed by atoms with Gasteiger partial charge < -0.3 is 15.7 Å². The van der Waals surface area contributed by atoms with E-state index in [1.165, 1.54) is 0 Å². The molecular weight excluding hydrogens is 220 g/mol. The normalized spacial score (nSPS) is 23.4. The molecule has 2 unspecified atom stereocenters. The summed E-state index contributed by atoms with van der Waals surface area (Å²) in [6.07, 6.45) is 5.54. The zero-order valence-electron chi connectivity index (χ0n) is 10.1. The highest BCUT2D eigenvalue weighted by molar-refractivity contribution is 5.85. The van der Waals surface area contributed by atoms with Crippen LogP contribution < -0.4 is 10.6 Å². The van der Waals surface area contributed by atoms with Gasteiger partial charge in [0.1, 0.15) is 0 Å². The first-order valence-electron chi connectivity index (χ1n) is 5.97. The lowest BCUT2D eigenvalue weighted by atomic mass is 9.82. The van der Waals surface area contributed by atoms with E-state index >= 15 is 0 Å². The molecule has 0 saturated heterocycles. The maximum atomic E-state index is 11.8. The quantitative estimate of drug-likeness (QED) is 0.463. The van der Waals surface area contributed by atoms with Crippen LogP contribution >= 0.6 is 0 Å². The summed E-state index contributed by atoms with van der Waals surface area (Å²) in [6, 6.07) is 0. The molecule has 0 saturated carbocycles. The number of allylic oxidation sites excluding steroid dienone is 2. The summed E-state index contributed by atoms with van der Waals surface area (Å²) in [4.78, 5) is 22.9. The number of carboxylic acid groups (broad SMARTS) is 1. The number of amides is 1. The highest BCUT2D eigenvalue weighted by atomic mass is 16.4. The van der Waals surface area contributed by atoms with E-state index in [0.29, 0.717) is 19.4 Å². The fraction of sp³-hybridized carbons (Fsp3) is 0.667. The summed E-state index contributed by atoms with van der Waals surface area (Å²) < 4.78 is 0. The Morgan fingerprint density at radius 1 is 1.24 bits per heavy atom. The molecule has 0 aromatic rings. The molecule has 0 heterocycles. The molecule has 2 atom stereocenters.